The zero-order valence-corrected chi connectivity index (χ0v) is 21.7. The zero-order chi connectivity index (χ0) is 23.9. The van der Waals surface area contributed by atoms with Crippen molar-refractivity contribution in [3.05, 3.63) is 76.1 Å². The van der Waals surface area contributed by atoms with Crippen molar-refractivity contribution in [2.45, 2.75) is 30.3 Å². The van der Waals surface area contributed by atoms with Gasteiger partial charge in [-0.3, -0.25) is 9.69 Å². The van der Waals surface area contributed by atoms with E-state index >= 15 is 0 Å². The van der Waals surface area contributed by atoms with Gasteiger partial charge in [0.2, 0.25) is 15.9 Å². The topological polar surface area (TPSA) is 83.7 Å². The highest BCUT2D eigenvalue weighted by atomic mass is 79.9. The average molecular weight is 581 g/mol. The van der Waals surface area contributed by atoms with E-state index in [1.807, 2.05) is 18.2 Å². The van der Waals surface area contributed by atoms with Crippen molar-refractivity contribution in [2.75, 3.05) is 11.4 Å². The van der Waals surface area contributed by atoms with Gasteiger partial charge in [-0.1, -0.05) is 38.9 Å². The molecule has 176 valence electrons. The fraction of sp³-hybridized carbons (Fsp3) is 0.217. The normalized spacial score (nSPS) is 16.8. The summed E-state index contributed by atoms with van der Waals surface area (Å²) in [6, 6.07) is 14.4. The molecule has 0 N–H and O–H groups in total. The molecule has 1 amide bonds. The molecule has 11 heteroatoms. The quantitative estimate of drug-likeness (QED) is 0.293. The Bertz CT molecular complexity index is 1440. The number of nitrogens with zero attached hydrogens (tertiary/aromatic N) is 3. The maximum absolute atomic E-state index is 13.9. The summed E-state index contributed by atoms with van der Waals surface area (Å²) < 4.78 is 35.4. The highest BCUT2D eigenvalue weighted by molar-refractivity contribution is 9.10. The molecule has 3 heterocycles. The van der Waals surface area contributed by atoms with Gasteiger partial charge in [0.15, 0.2) is 5.13 Å². The first-order valence-electron chi connectivity index (χ1n) is 10.5. The molecule has 0 bridgehead atoms. The van der Waals surface area contributed by atoms with Crippen LogP contribution in [-0.4, -0.2) is 36.2 Å². The van der Waals surface area contributed by atoms with Crippen molar-refractivity contribution in [2.24, 2.45) is 0 Å². The van der Waals surface area contributed by atoms with E-state index in [-0.39, 0.29) is 23.9 Å². The van der Waals surface area contributed by atoms with Crippen LogP contribution in [0.2, 0.25) is 5.02 Å². The van der Waals surface area contributed by atoms with E-state index in [1.165, 1.54) is 44.8 Å². The number of carbonyl (C=O) groups is 1. The minimum Gasteiger partial charge on any atom is -0.467 e. The van der Waals surface area contributed by atoms with Crippen LogP contribution in [0, 0.1) is 0 Å². The number of rotatable bonds is 6. The number of aromatic nitrogens is 1. The first-order chi connectivity index (χ1) is 16.3. The minimum absolute atomic E-state index is 0.110. The summed E-state index contributed by atoms with van der Waals surface area (Å²) in [4.78, 5) is 20.2. The van der Waals surface area contributed by atoms with Crippen molar-refractivity contribution in [1.29, 1.82) is 0 Å². The SMILES string of the molecule is O=C(C1CCCN1S(=O)(=O)c1ccc(Cl)cc1)N(Cc1ccco1)c1nc2ccc(Br)cc2s1. The number of halogens is 2. The molecule has 4 aromatic rings. The highest BCUT2D eigenvalue weighted by Crippen LogP contribution is 2.34. The fourth-order valence-corrected chi connectivity index (χ4v) is 7.30. The number of hydrogen-bond donors (Lipinski definition) is 0. The third-order valence-corrected chi connectivity index (χ3v) is 9.35. The largest absolute Gasteiger partial charge is 0.467 e. The number of fused-ring (bicyclic) bond motifs is 1. The van der Waals surface area contributed by atoms with Gasteiger partial charge in [-0.15, -0.1) is 0 Å². The van der Waals surface area contributed by atoms with Crippen molar-refractivity contribution in [3.63, 3.8) is 0 Å². The van der Waals surface area contributed by atoms with Crippen molar-refractivity contribution < 1.29 is 17.6 Å². The number of amides is 1. The van der Waals surface area contributed by atoms with Crippen molar-refractivity contribution in [1.82, 2.24) is 9.29 Å². The number of carbonyl (C=O) groups excluding carboxylic acids is 1. The highest BCUT2D eigenvalue weighted by Gasteiger charge is 2.42. The van der Waals surface area contributed by atoms with Crippen LogP contribution in [0.4, 0.5) is 5.13 Å². The molecule has 1 aliphatic rings. The monoisotopic (exact) mass is 579 g/mol. The molecule has 1 aliphatic heterocycles. The molecule has 2 aromatic carbocycles. The third-order valence-electron chi connectivity index (χ3n) is 5.64. The lowest BCUT2D eigenvalue weighted by Crippen LogP contribution is -2.47. The first kappa shape index (κ1) is 23.5. The van der Waals surface area contributed by atoms with Crippen LogP contribution in [0.5, 0.6) is 0 Å². The molecular weight excluding hydrogens is 562 g/mol. The molecule has 0 spiro atoms. The van der Waals surface area contributed by atoms with Gasteiger partial charge in [0.25, 0.3) is 0 Å². The Morgan fingerprint density at radius 3 is 2.76 bits per heavy atom. The summed E-state index contributed by atoms with van der Waals surface area (Å²) >= 11 is 10.8. The summed E-state index contributed by atoms with van der Waals surface area (Å²) in [5.74, 6) is 0.253. The number of hydrogen-bond acceptors (Lipinski definition) is 6. The summed E-state index contributed by atoms with van der Waals surface area (Å²) in [7, 11) is -3.88. The third kappa shape index (κ3) is 4.52. The lowest BCUT2D eigenvalue weighted by atomic mass is 10.2. The lowest BCUT2D eigenvalue weighted by molar-refractivity contribution is -0.121. The van der Waals surface area contributed by atoms with Gasteiger partial charge < -0.3 is 4.42 Å². The lowest BCUT2D eigenvalue weighted by Gasteiger charge is -2.28. The summed E-state index contributed by atoms with van der Waals surface area (Å²) in [5.41, 5.74) is 0.762. The van der Waals surface area contributed by atoms with E-state index in [2.05, 4.69) is 20.9 Å². The zero-order valence-electron chi connectivity index (χ0n) is 17.7. The van der Waals surface area contributed by atoms with Crippen LogP contribution in [0.1, 0.15) is 18.6 Å². The van der Waals surface area contributed by atoms with E-state index in [1.54, 1.807) is 18.4 Å². The Labute approximate surface area is 214 Å². The van der Waals surface area contributed by atoms with Crippen LogP contribution in [0.25, 0.3) is 10.2 Å². The maximum Gasteiger partial charge on any atom is 0.247 e. The van der Waals surface area contributed by atoms with Gasteiger partial charge in [0.05, 0.1) is 27.9 Å². The van der Waals surface area contributed by atoms with Crippen molar-refractivity contribution >= 4 is 70.1 Å². The molecule has 1 saturated heterocycles. The summed E-state index contributed by atoms with van der Waals surface area (Å²) in [5, 5.41) is 0.935. The van der Waals surface area contributed by atoms with E-state index in [0.29, 0.717) is 28.8 Å². The standard InChI is InChI=1S/C23H19BrClN3O4S2/c24-15-5-10-19-21(13-15)33-23(26-19)27(14-17-3-2-12-32-17)22(29)20-4-1-11-28(20)34(30,31)18-8-6-16(25)7-9-18/h2-3,5-10,12-13,20H,1,4,11,14H2. The van der Waals surface area contributed by atoms with Crippen LogP contribution in [-0.2, 0) is 21.4 Å². The molecule has 1 atom stereocenters. The van der Waals surface area contributed by atoms with E-state index in [4.69, 9.17) is 16.0 Å². The Morgan fingerprint density at radius 2 is 2.03 bits per heavy atom. The Morgan fingerprint density at radius 1 is 1.24 bits per heavy atom. The maximum atomic E-state index is 13.9. The molecular formula is C23H19BrClN3O4S2. The molecule has 0 radical (unpaired) electrons. The second-order valence-electron chi connectivity index (χ2n) is 7.84. The van der Waals surface area contributed by atoms with Gasteiger partial charge in [0, 0.05) is 16.0 Å². The molecule has 2 aromatic heterocycles. The predicted molar refractivity (Wildman–Crippen MR) is 136 cm³/mol. The average Bonchev–Trinajstić information content (AvgIpc) is 3.57. The molecule has 1 unspecified atom stereocenters. The van der Waals surface area contributed by atoms with Gasteiger partial charge in [-0.2, -0.15) is 4.31 Å². The van der Waals surface area contributed by atoms with Gasteiger partial charge in [0.1, 0.15) is 11.8 Å². The Kier molecular flexibility index (Phi) is 6.51. The summed E-state index contributed by atoms with van der Waals surface area (Å²) in [6.45, 7) is 0.418. The van der Waals surface area contributed by atoms with E-state index < -0.39 is 16.1 Å². The predicted octanol–water partition coefficient (Wildman–Crippen LogP) is 5.69. The van der Waals surface area contributed by atoms with Crippen LogP contribution < -0.4 is 4.90 Å². The van der Waals surface area contributed by atoms with Gasteiger partial charge >= 0.3 is 0 Å². The Balaban J connectivity index is 1.51. The molecule has 7 nitrogen and oxygen atoms in total. The fourth-order valence-electron chi connectivity index (χ4n) is 4.00. The summed E-state index contributed by atoms with van der Waals surface area (Å²) in [6.07, 6.45) is 2.56. The number of furan rings is 1. The number of thiazole rings is 1. The van der Waals surface area contributed by atoms with Gasteiger partial charge in [-0.05, 0) is 67.4 Å². The van der Waals surface area contributed by atoms with Crippen LogP contribution >= 0.6 is 38.9 Å². The molecule has 0 aliphatic carbocycles. The second-order valence-corrected chi connectivity index (χ2v) is 12.1. The number of sulfonamides is 1. The number of anilines is 1. The van der Waals surface area contributed by atoms with Crippen LogP contribution in [0.15, 0.2) is 74.6 Å². The molecule has 34 heavy (non-hydrogen) atoms. The van der Waals surface area contributed by atoms with Crippen molar-refractivity contribution in [3.8, 4) is 0 Å². The van der Waals surface area contributed by atoms with Gasteiger partial charge in [-0.25, -0.2) is 13.4 Å². The van der Waals surface area contributed by atoms with Crippen LogP contribution in [0.3, 0.4) is 0 Å². The first-order valence-corrected chi connectivity index (χ1v) is 13.9. The molecule has 0 saturated carbocycles. The Hall–Kier alpha value is -2.24. The molecule has 1 fully saturated rings. The smallest absolute Gasteiger partial charge is 0.247 e. The minimum atomic E-state index is -3.88. The number of benzene rings is 2. The van der Waals surface area contributed by atoms with E-state index in [9.17, 15) is 13.2 Å². The van der Waals surface area contributed by atoms with E-state index in [0.717, 1.165) is 14.7 Å². The second kappa shape index (κ2) is 9.43. The molecule has 5 rings (SSSR count).